The molecule has 2 N–H and O–H groups in total. The van der Waals surface area contributed by atoms with Crippen molar-refractivity contribution < 1.29 is 0 Å². The van der Waals surface area contributed by atoms with Gasteiger partial charge in [0.1, 0.15) is 0 Å². The molecule has 1 aliphatic carbocycles. The van der Waals surface area contributed by atoms with Crippen LogP contribution in [0.3, 0.4) is 0 Å². The number of nitrogens with two attached hydrogens (primary N) is 1. The summed E-state index contributed by atoms with van der Waals surface area (Å²) in [7, 11) is 0. The fourth-order valence-electron chi connectivity index (χ4n) is 3.46. The standard InChI is InChI=1S/C18H21N/c19-17-13-18(14-17,11-15-7-3-1-4-8-15)12-16-9-5-2-6-10-16/h1-10,17H,11-14,19H2. The van der Waals surface area contributed by atoms with Crippen LogP contribution in [0.4, 0.5) is 0 Å². The molecule has 1 aliphatic rings. The Hall–Kier alpha value is -1.60. The van der Waals surface area contributed by atoms with Crippen LogP contribution in [0, 0.1) is 5.41 Å². The van der Waals surface area contributed by atoms with E-state index >= 15 is 0 Å². The molecular weight excluding hydrogens is 230 g/mol. The van der Waals surface area contributed by atoms with Gasteiger partial charge in [0.2, 0.25) is 0 Å². The van der Waals surface area contributed by atoms with Crippen LogP contribution in [0.1, 0.15) is 24.0 Å². The summed E-state index contributed by atoms with van der Waals surface area (Å²) in [6.07, 6.45) is 4.60. The Morgan fingerprint density at radius 2 is 1.21 bits per heavy atom. The van der Waals surface area contributed by atoms with Crippen LogP contribution in [0.15, 0.2) is 60.7 Å². The minimum atomic E-state index is 0.377. The highest BCUT2D eigenvalue weighted by Gasteiger charge is 2.42. The molecule has 0 atom stereocenters. The molecule has 0 bridgehead atoms. The van der Waals surface area contributed by atoms with Crippen LogP contribution in [0.5, 0.6) is 0 Å². The molecule has 0 aliphatic heterocycles. The van der Waals surface area contributed by atoms with E-state index in [0.29, 0.717) is 11.5 Å². The molecule has 1 heteroatoms. The lowest BCUT2D eigenvalue weighted by atomic mass is 9.60. The van der Waals surface area contributed by atoms with Crippen LogP contribution in [0.2, 0.25) is 0 Å². The zero-order valence-electron chi connectivity index (χ0n) is 11.3. The van der Waals surface area contributed by atoms with Gasteiger partial charge in [-0.05, 0) is 42.2 Å². The van der Waals surface area contributed by atoms with Crippen LogP contribution in [0.25, 0.3) is 0 Å². The van der Waals surface area contributed by atoms with E-state index in [4.69, 9.17) is 5.73 Å². The van der Waals surface area contributed by atoms with Crippen molar-refractivity contribution >= 4 is 0 Å². The maximum atomic E-state index is 6.06. The molecule has 0 amide bonds. The zero-order chi connectivity index (χ0) is 13.1. The quantitative estimate of drug-likeness (QED) is 0.883. The molecule has 0 spiro atoms. The van der Waals surface area contributed by atoms with E-state index in [0.717, 1.165) is 25.7 Å². The van der Waals surface area contributed by atoms with Crippen molar-refractivity contribution in [1.29, 1.82) is 0 Å². The van der Waals surface area contributed by atoms with Gasteiger partial charge in [-0.2, -0.15) is 0 Å². The molecule has 0 radical (unpaired) electrons. The van der Waals surface area contributed by atoms with Gasteiger partial charge in [0.05, 0.1) is 0 Å². The van der Waals surface area contributed by atoms with E-state index in [2.05, 4.69) is 60.7 Å². The second-order valence-corrected chi connectivity index (χ2v) is 5.99. The normalized spacial score (nSPS) is 17.9. The molecule has 0 heterocycles. The summed E-state index contributed by atoms with van der Waals surface area (Å²) in [5, 5.41) is 0. The topological polar surface area (TPSA) is 26.0 Å². The average molecular weight is 251 g/mol. The largest absolute Gasteiger partial charge is 0.328 e. The second kappa shape index (κ2) is 5.18. The molecule has 0 saturated heterocycles. The molecule has 19 heavy (non-hydrogen) atoms. The van der Waals surface area contributed by atoms with Gasteiger partial charge in [-0.25, -0.2) is 0 Å². The van der Waals surface area contributed by atoms with Gasteiger partial charge < -0.3 is 5.73 Å². The molecule has 98 valence electrons. The van der Waals surface area contributed by atoms with E-state index in [1.165, 1.54) is 11.1 Å². The monoisotopic (exact) mass is 251 g/mol. The van der Waals surface area contributed by atoms with E-state index in [1.54, 1.807) is 0 Å². The van der Waals surface area contributed by atoms with Crippen LogP contribution >= 0.6 is 0 Å². The van der Waals surface area contributed by atoms with Gasteiger partial charge in [0.25, 0.3) is 0 Å². The highest BCUT2D eigenvalue weighted by Crippen LogP contribution is 2.45. The van der Waals surface area contributed by atoms with Crippen molar-refractivity contribution in [3.05, 3.63) is 71.8 Å². The third kappa shape index (κ3) is 2.87. The predicted octanol–water partition coefficient (Wildman–Crippen LogP) is 3.58. The van der Waals surface area contributed by atoms with Crippen molar-refractivity contribution in [3.63, 3.8) is 0 Å². The number of hydrogen-bond donors (Lipinski definition) is 1. The number of benzene rings is 2. The third-order valence-corrected chi connectivity index (χ3v) is 4.23. The molecule has 3 rings (SSSR count). The first kappa shape index (κ1) is 12.4. The van der Waals surface area contributed by atoms with E-state index in [9.17, 15) is 0 Å². The van der Waals surface area contributed by atoms with Crippen molar-refractivity contribution in [1.82, 2.24) is 0 Å². The van der Waals surface area contributed by atoms with Gasteiger partial charge in [-0.1, -0.05) is 60.7 Å². The lowest BCUT2D eigenvalue weighted by molar-refractivity contribution is 0.104. The Morgan fingerprint density at radius 3 is 1.58 bits per heavy atom. The van der Waals surface area contributed by atoms with Gasteiger partial charge in [0, 0.05) is 6.04 Å². The zero-order valence-corrected chi connectivity index (χ0v) is 11.3. The van der Waals surface area contributed by atoms with Crippen LogP contribution in [-0.2, 0) is 12.8 Å². The van der Waals surface area contributed by atoms with Gasteiger partial charge >= 0.3 is 0 Å². The smallest absolute Gasteiger partial charge is 0.00498 e. The molecule has 1 fully saturated rings. The Balaban J connectivity index is 1.76. The van der Waals surface area contributed by atoms with Crippen molar-refractivity contribution in [2.24, 2.45) is 11.1 Å². The van der Waals surface area contributed by atoms with Crippen molar-refractivity contribution in [2.45, 2.75) is 31.7 Å². The maximum absolute atomic E-state index is 6.06. The van der Waals surface area contributed by atoms with Gasteiger partial charge in [0.15, 0.2) is 0 Å². The van der Waals surface area contributed by atoms with E-state index in [1.807, 2.05) is 0 Å². The lowest BCUT2D eigenvalue weighted by Crippen LogP contribution is -2.48. The van der Waals surface area contributed by atoms with Gasteiger partial charge in [-0.15, -0.1) is 0 Å². The number of hydrogen-bond acceptors (Lipinski definition) is 1. The van der Waals surface area contributed by atoms with Crippen LogP contribution < -0.4 is 5.73 Å². The minimum Gasteiger partial charge on any atom is -0.328 e. The summed E-state index contributed by atoms with van der Waals surface area (Å²) in [4.78, 5) is 0. The second-order valence-electron chi connectivity index (χ2n) is 5.99. The fraction of sp³-hybridized carbons (Fsp3) is 0.333. The first-order valence-corrected chi connectivity index (χ1v) is 7.09. The summed E-state index contributed by atoms with van der Waals surface area (Å²) in [6.45, 7) is 0. The van der Waals surface area contributed by atoms with Crippen molar-refractivity contribution in [2.75, 3.05) is 0 Å². The lowest BCUT2D eigenvalue weighted by Gasteiger charge is -2.47. The highest BCUT2D eigenvalue weighted by molar-refractivity contribution is 5.23. The van der Waals surface area contributed by atoms with Gasteiger partial charge in [-0.3, -0.25) is 0 Å². The number of rotatable bonds is 4. The molecule has 0 unspecified atom stereocenters. The Labute approximate surface area is 115 Å². The molecule has 1 nitrogen and oxygen atoms in total. The summed E-state index contributed by atoms with van der Waals surface area (Å²) in [6, 6.07) is 22.0. The van der Waals surface area contributed by atoms with Crippen molar-refractivity contribution in [3.8, 4) is 0 Å². The predicted molar refractivity (Wildman–Crippen MR) is 79.9 cm³/mol. The third-order valence-electron chi connectivity index (χ3n) is 4.23. The van der Waals surface area contributed by atoms with Crippen LogP contribution in [-0.4, -0.2) is 6.04 Å². The molecule has 2 aromatic carbocycles. The Morgan fingerprint density at radius 1 is 0.789 bits per heavy atom. The fourth-order valence-corrected chi connectivity index (χ4v) is 3.46. The average Bonchev–Trinajstić information content (AvgIpc) is 2.39. The highest BCUT2D eigenvalue weighted by atomic mass is 14.7. The first-order valence-electron chi connectivity index (χ1n) is 7.09. The summed E-state index contributed by atoms with van der Waals surface area (Å²) < 4.78 is 0. The maximum Gasteiger partial charge on any atom is 0.00498 e. The molecule has 0 aromatic heterocycles. The summed E-state index contributed by atoms with van der Waals surface area (Å²) in [5.74, 6) is 0. The Kier molecular flexibility index (Phi) is 3.39. The summed E-state index contributed by atoms with van der Waals surface area (Å²) >= 11 is 0. The summed E-state index contributed by atoms with van der Waals surface area (Å²) in [5.41, 5.74) is 9.31. The van der Waals surface area contributed by atoms with E-state index < -0.39 is 0 Å². The van der Waals surface area contributed by atoms with E-state index in [-0.39, 0.29) is 0 Å². The molecule has 2 aromatic rings. The molecule has 1 saturated carbocycles. The Bertz CT molecular complexity index is 468. The molecular formula is C18H21N. The SMILES string of the molecule is NC1CC(Cc2ccccc2)(Cc2ccccc2)C1. The minimum absolute atomic E-state index is 0.377. The first-order chi connectivity index (χ1) is 9.26.